The summed E-state index contributed by atoms with van der Waals surface area (Å²) in [7, 11) is 0. The largest absolute Gasteiger partial charge is 0.299 e. The fraction of sp³-hybridized carbons (Fsp3) is 0.667. The summed E-state index contributed by atoms with van der Waals surface area (Å²) in [6.45, 7) is 3.58. The van der Waals surface area contributed by atoms with Gasteiger partial charge in [0.25, 0.3) is 0 Å². The van der Waals surface area contributed by atoms with Crippen LogP contribution >= 0.6 is 0 Å². The van der Waals surface area contributed by atoms with Gasteiger partial charge in [-0.05, 0) is 19.3 Å². The molecule has 0 aromatic rings. The van der Waals surface area contributed by atoms with Gasteiger partial charge in [-0.15, -0.1) is 6.58 Å². The van der Waals surface area contributed by atoms with Gasteiger partial charge in [0.2, 0.25) is 0 Å². The molecule has 1 fully saturated rings. The van der Waals surface area contributed by atoms with E-state index < -0.39 is 0 Å². The molecule has 1 aliphatic carbocycles. The van der Waals surface area contributed by atoms with Gasteiger partial charge in [0.15, 0.2) is 0 Å². The summed E-state index contributed by atoms with van der Waals surface area (Å²) in [4.78, 5) is 11.1. The van der Waals surface area contributed by atoms with Gasteiger partial charge in [-0.1, -0.05) is 12.5 Å². The first-order valence-corrected chi connectivity index (χ1v) is 3.98. The van der Waals surface area contributed by atoms with Gasteiger partial charge in [0.05, 0.1) is 0 Å². The van der Waals surface area contributed by atoms with E-state index in [1.807, 2.05) is 6.08 Å². The molecule has 56 valence electrons. The highest BCUT2D eigenvalue weighted by molar-refractivity contribution is 5.81. The molecule has 0 saturated heterocycles. The topological polar surface area (TPSA) is 17.1 Å². The smallest absolute Gasteiger partial charge is 0.136 e. The van der Waals surface area contributed by atoms with E-state index in [0.29, 0.717) is 18.1 Å². The molecule has 0 atom stereocenters. The van der Waals surface area contributed by atoms with Gasteiger partial charge in [0, 0.05) is 12.3 Å². The predicted molar refractivity (Wildman–Crippen MR) is 41.8 cm³/mol. The van der Waals surface area contributed by atoms with Gasteiger partial charge in [-0.25, -0.2) is 0 Å². The molecule has 0 unspecified atom stereocenters. The van der Waals surface area contributed by atoms with Crippen molar-refractivity contribution >= 4 is 5.78 Å². The Morgan fingerprint density at radius 3 is 2.70 bits per heavy atom. The van der Waals surface area contributed by atoms with Crippen LogP contribution in [0.25, 0.3) is 0 Å². The summed E-state index contributed by atoms with van der Waals surface area (Å²) in [5.41, 5.74) is 0. The van der Waals surface area contributed by atoms with Gasteiger partial charge in [-0.3, -0.25) is 4.79 Å². The van der Waals surface area contributed by atoms with Gasteiger partial charge >= 0.3 is 0 Å². The van der Waals surface area contributed by atoms with Crippen LogP contribution in [0.4, 0.5) is 0 Å². The summed E-state index contributed by atoms with van der Waals surface area (Å²) in [5, 5.41) is 0. The van der Waals surface area contributed by atoms with Crippen molar-refractivity contribution in [3.63, 3.8) is 0 Å². The van der Waals surface area contributed by atoms with Crippen molar-refractivity contribution in [2.45, 2.75) is 32.1 Å². The number of hydrogen-bond donors (Lipinski definition) is 0. The van der Waals surface area contributed by atoms with E-state index >= 15 is 0 Å². The van der Waals surface area contributed by atoms with Gasteiger partial charge in [-0.2, -0.15) is 0 Å². The average molecular weight is 138 g/mol. The first-order valence-electron chi connectivity index (χ1n) is 3.98. The van der Waals surface area contributed by atoms with E-state index in [-0.39, 0.29) is 0 Å². The standard InChI is InChI=1S/C9H14O/c1-2-3-7-9(10)8-5-4-6-8/h2,8H,1,3-7H2. The number of Topliss-reactive ketones (excluding diaryl/α,β-unsaturated/α-hetero) is 1. The number of hydrogen-bond acceptors (Lipinski definition) is 1. The third-order valence-electron chi connectivity index (χ3n) is 2.16. The molecular formula is C9H14O. The Morgan fingerprint density at radius 2 is 2.30 bits per heavy atom. The second kappa shape index (κ2) is 3.55. The Kier molecular flexibility index (Phi) is 2.67. The van der Waals surface area contributed by atoms with Crippen LogP contribution in [0.3, 0.4) is 0 Å². The summed E-state index contributed by atoms with van der Waals surface area (Å²) in [6, 6.07) is 0. The minimum absolute atomic E-state index is 0.417. The SMILES string of the molecule is C=CCCC(=O)C1CCC1. The summed E-state index contributed by atoms with van der Waals surface area (Å²) >= 11 is 0. The zero-order valence-corrected chi connectivity index (χ0v) is 6.31. The van der Waals surface area contributed by atoms with Crippen molar-refractivity contribution in [1.29, 1.82) is 0 Å². The number of ketones is 1. The number of carbonyl (C=O) groups excluding carboxylic acids is 1. The average Bonchev–Trinajstić information content (AvgIpc) is 1.79. The second-order valence-corrected chi connectivity index (χ2v) is 2.92. The van der Waals surface area contributed by atoms with Crippen LogP contribution in [-0.4, -0.2) is 5.78 Å². The molecule has 0 spiro atoms. The van der Waals surface area contributed by atoms with E-state index in [1.54, 1.807) is 0 Å². The van der Waals surface area contributed by atoms with Crippen molar-refractivity contribution < 1.29 is 4.79 Å². The molecule has 1 nitrogen and oxygen atoms in total. The van der Waals surface area contributed by atoms with Crippen LogP contribution < -0.4 is 0 Å². The zero-order chi connectivity index (χ0) is 7.40. The Labute approximate surface area is 62.1 Å². The Bertz CT molecular complexity index is 134. The molecule has 1 rings (SSSR count). The monoisotopic (exact) mass is 138 g/mol. The van der Waals surface area contributed by atoms with E-state index in [9.17, 15) is 4.79 Å². The lowest BCUT2D eigenvalue weighted by Crippen LogP contribution is -2.21. The molecule has 0 aromatic carbocycles. The number of allylic oxidation sites excluding steroid dienone is 1. The maximum absolute atomic E-state index is 11.1. The van der Waals surface area contributed by atoms with Gasteiger partial charge in [0.1, 0.15) is 5.78 Å². The Morgan fingerprint density at radius 1 is 1.60 bits per heavy atom. The van der Waals surface area contributed by atoms with Gasteiger partial charge < -0.3 is 0 Å². The maximum Gasteiger partial charge on any atom is 0.136 e. The summed E-state index contributed by atoms with van der Waals surface area (Å²) in [5.74, 6) is 0.867. The highest BCUT2D eigenvalue weighted by atomic mass is 16.1. The second-order valence-electron chi connectivity index (χ2n) is 2.92. The third kappa shape index (κ3) is 1.69. The summed E-state index contributed by atoms with van der Waals surface area (Å²) in [6.07, 6.45) is 6.91. The molecule has 0 amide bonds. The molecule has 10 heavy (non-hydrogen) atoms. The highest BCUT2D eigenvalue weighted by Gasteiger charge is 2.23. The molecule has 1 aliphatic rings. The van der Waals surface area contributed by atoms with Crippen LogP contribution in [0.2, 0.25) is 0 Å². The molecule has 0 bridgehead atoms. The van der Waals surface area contributed by atoms with Crippen LogP contribution in [0.15, 0.2) is 12.7 Å². The summed E-state index contributed by atoms with van der Waals surface area (Å²) < 4.78 is 0. The quantitative estimate of drug-likeness (QED) is 0.545. The van der Waals surface area contributed by atoms with Crippen molar-refractivity contribution in [3.05, 3.63) is 12.7 Å². The Balaban J connectivity index is 2.13. The minimum atomic E-state index is 0.417. The molecule has 1 heteroatoms. The van der Waals surface area contributed by atoms with Crippen LogP contribution in [0.5, 0.6) is 0 Å². The first kappa shape index (κ1) is 7.52. The van der Waals surface area contributed by atoms with Crippen molar-refractivity contribution in [3.8, 4) is 0 Å². The van der Waals surface area contributed by atoms with Crippen LogP contribution in [-0.2, 0) is 4.79 Å². The molecular weight excluding hydrogens is 124 g/mol. The molecule has 0 radical (unpaired) electrons. The maximum atomic E-state index is 11.1. The van der Waals surface area contributed by atoms with E-state index in [4.69, 9.17) is 0 Å². The molecule has 1 saturated carbocycles. The fourth-order valence-corrected chi connectivity index (χ4v) is 1.18. The predicted octanol–water partition coefficient (Wildman–Crippen LogP) is 2.32. The lowest BCUT2D eigenvalue weighted by atomic mass is 9.81. The lowest BCUT2D eigenvalue weighted by Gasteiger charge is -2.23. The zero-order valence-electron chi connectivity index (χ0n) is 6.31. The molecule has 0 heterocycles. The normalized spacial score (nSPS) is 18.0. The van der Waals surface area contributed by atoms with Crippen molar-refractivity contribution in [2.24, 2.45) is 5.92 Å². The van der Waals surface area contributed by atoms with Crippen molar-refractivity contribution in [2.75, 3.05) is 0 Å². The van der Waals surface area contributed by atoms with Crippen LogP contribution in [0, 0.1) is 5.92 Å². The lowest BCUT2D eigenvalue weighted by molar-refractivity contribution is -0.125. The van der Waals surface area contributed by atoms with E-state index in [0.717, 1.165) is 19.3 Å². The highest BCUT2D eigenvalue weighted by Crippen LogP contribution is 2.28. The molecule has 0 N–H and O–H groups in total. The first-order chi connectivity index (χ1) is 4.84. The third-order valence-corrected chi connectivity index (χ3v) is 2.16. The van der Waals surface area contributed by atoms with Crippen molar-refractivity contribution in [1.82, 2.24) is 0 Å². The Hall–Kier alpha value is -0.590. The fourth-order valence-electron chi connectivity index (χ4n) is 1.18. The van der Waals surface area contributed by atoms with E-state index in [2.05, 4.69) is 6.58 Å². The minimum Gasteiger partial charge on any atom is -0.299 e. The van der Waals surface area contributed by atoms with Crippen LogP contribution in [0.1, 0.15) is 32.1 Å². The molecule has 0 aliphatic heterocycles. The molecule has 0 aromatic heterocycles. The number of rotatable bonds is 4. The number of carbonyl (C=O) groups is 1. The van der Waals surface area contributed by atoms with E-state index in [1.165, 1.54) is 6.42 Å².